The number of benzene rings is 1. The maximum Gasteiger partial charge on any atom is 0.310 e. The molecule has 1 aliphatic heterocycles. The maximum atomic E-state index is 11.5. The lowest BCUT2D eigenvalue weighted by atomic mass is 9.75. The molecule has 1 aromatic rings. The van der Waals surface area contributed by atoms with Gasteiger partial charge in [0.2, 0.25) is 0 Å². The third-order valence-electron chi connectivity index (χ3n) is 3.61. The summed E-state index contributed by atoms with van der Waals surface area (Å²) < 4.78 is 10.4. The van der Waals surface area contributed by atoms with Gasteiger partial charge in [0.15, 0.2) is 0 Å². The summed E-state index contributed by atoms with van der Waals surface area (Å²) in [4.78, 5) is 11.5. The Balaban J connectivity index is 2.15. The van der Waals surface area contributed by atoms with Crippen LogP contribution in [0.25, 0.3) is 0 Å². The van der Waals surface area contributed by atoms with Crippen molar-refractivity contribution in [3.8, 4) is 5.75 Å². The summed E-state index contributed by atoms with van der Waals surface area (Å²) in [7, 11) is 1.62. The Kier molecular flexibility index (Phi) is 3.87. The van der Waals surface area contributed by atoms with E-state index in [0.717, 1.165) is 11.3 Å². The number of hydrogen-bond acceptors (Lipinski definition) is 3. The van der Waals surface area contributed by atoms with Crippen molar-refractivity contribution in [3.05, 3.63) is 29.8 Å². The molecule has 4 heteroatoms. The Morgan fingerprint density at radius 3 is 2.44 bits per heavy atom. The van der Waals surface area contributed by atoms with E-state index in [9.17, 15) is 9.90 Å². The standard InChI is InChI=1S/C14H18O4/c1-17-12-4-2-11(3-5-12)10-14(13(15)16)6-8-18-9-7-14/h2-5H,6-10H2,1H3,(H,15,16). The highest BCUT2D eigenvalue weighted by molar-refractivity contribution is 5.75. The Morgan fingerprint density at radius 1 is 1.33 bits per heavy atom. The van der Waals surface area contributed by atoms with E-state index in [1.165, 1.54) is 0 Å². The molecule has 1 aliphatic rings. The first-order valence-electron chi connectivity index (χ1n) is 6.10. The first-order valence-corrected chi connectivity index (χ1v) is 6.10. The summed E-state index contributed by atoms with van der Waals surface area (Å²) in [6, 6.07) is 7.59. The minimum Gasteiger partial charge on any atom is -0.497 e. The Morgan fingerprint density at radius 2 is 1.94 bits per heavy atom. The van der Waals surface area contributed by atoms with Crippen LogP contribution in [0.3, 0.4) is 0 Å². The van der Waals surface area contributed by atoms with Crippen molar-refractivity contribution in [2.75, 3.05) is 20.3 Å². The summed E-state index contributed by atoms with van der Waals surface area (Å²) in [6.45, 7) is 1.06. The Hall–Kier alpha value is -1.55. The molecule has 0 bridgehead atoms. The molecular weight excluding hydrogens is 232 g/mol. The molecule has 1 N–H and O–H groups in total. The zero-order valence-electron chi connectivity index (χ0n) is 10.5. The van der Waals surface area contributed by atoms with Crippen molar-refractivity contribution in [3.63, 3.8) is 0 Å². The van der Waals surface area contributed by atoms with Crippen LogP contribution in [-0.4, -0.2) is 31.4 Å². The van der Waals surface area contributed by atoms with Crippen LogP contribution in [0.5, 0.6) is 5.75 Å². The molecule has 1 aromatic carbocycles. The number of rotatable bonds is 4. The molecule has 0 unspecified atom stereocenters. The zero-order chi connectivity index (χ0) is 13.0. The topological polar surface area (TPSA) is 55.8 Å². The lowest BCUT2D eigenvalue weighted by Gasteiger charge is -2.33. The van der Waals surface area contributed by atoms with Crippen LogP contribution in [0.4, 0.5) is 0 Å². The van der Waals surface area contributed by atoms with E-state index in [1.54, 1.807) is 7.11 Å². The molecule has 4 nitrogen and oxygen atoms in total. The fourth-order valence-electron chi connectivity index (χ4n) is 2.36. The summed E-state index contributed by atoms with van der Waals surface area (Å²) in [5, 5.41) is 9.47. The fraction of sp³-hybridized carbons (Fsp3) is 0.500. The molecule has 98 valence electrons. The first-order chi connectivity index (χ1) is 8.66. The average Bonchev–Trinajstić information content (AvgIpc) is 2.40. The van der Waals surface area contributed by atoms with Crippen molar-refractivity contribution in [2.45, 2.75) is 19.3 Å². The zero-order valence-corrected chi connectivity index (χ0v) is 10.5. The van der Waals surface area contributed by atoms with Gasteiger partial charge in [0.25, 0.3) is 0 Å². The third-order valence-corrected chi connectivity index (χ3v) is 3.61. The first kappa shape index (κ1) is 12.9. The molecule has 0 aliphatic carbocycles. The van der Waals surface area contributed by atoms with Gasteiger partial charge in [-0.15, -0.1) is 0 Å². The van der Waals surface area contributed by atoms with Crippen LogP contribution < -0.4 is 4.74 Å². The molecular formula is C14H18O4. The fourth-order valence-corrected chi connectivity index (χ4v) is 2.36. The molecule has 1 heterocycles. The Labute approximate surface area is 107 Å². The monoisotopic (exact) mass is 250 g/mol. The van der Waals surface area contributed by atoms with Crippen molar-refractivity contribution in [2.24, 2.45) is 5.41 Å². The molecule has 1 saturated heterocycles. The van der Waals surface area contributed by atoms with E-state index in [4.69, 9.17) is 9.47 Å². The molecule has 0 atom stereocenters. The van der Waals surface area contributed by atoms with E-state index >= 15 is 0 Å². The number of carboxylic acids is 1. The van der Waals surface area contributed by atoms with Gasteiger partial charge in [0, 0.05) is 13.2 Å². The van der Waals surface area contributed by atoms with E-state index in [2.05, 4.69) is 0 Å². The van der Waals surface area contributed by atoms with E-state index < -0.39 is 11.4 Å². The largest absolute Gasteiger partial charge is 0.497 e. The minimum atomic E-state index is -0.721. The normalized spacial score (nSPS) is 18.3. The second-order valence-electron chi connectivity index (χ2n) is 4.72. The van der Waals surface area contributed by atoms with Crippen LogP contribution in [0.2, 0.25) is 0 Å². The van der Waals surface area contributed by atoms with Gasteiger partial charge in [0.1, 0.15) is 5.75 Å². The Bertz CT molecular complexity index is 404. The van der Waals surface area contributed by atoms with Crippen molar-refractivity contribution in [1.82, 2.24) is 0 Å². The maximum absolute atomic E-state index is 11.5. The number of carboxylic acid groups (broad SMARTS) is 1. The predicted molar refractivity (Wildman–Crippen MR) is 66.8 cm³/mol. The summed E-state index contributed by atoms with van der Waals surface area (Å²) in [5.74, 6) is 0.0664. The molecule has 1 fully saturated rings. The number of carbonyl (C=O) groups is 1. The smallest absolute Gasteiger partial charge is 0.310 e. The van der Waals surface area contributed by atoms with Crippen LogP contribution in [0, 0.1) is 5.41 Å². The van der Waals surface area contributed by atoms with Gasteiger partial charge >= 0.3 is 5.97 Å². The van der Waals surface area contributed by atoms with Gasteiger partial charge in [-0.25, -0.2) is 0 Å². The summed E-state index contributed by atoms with van der Waals surface area (Å²) >= 11 is 0. The van der Waals surface area contributed by atoms with Crippen LogP contribution >= 0.6 is 0 Å². The average molecular weight is 250 g/mol. The van der Waals surface area contributed by atoms with Gasteiger partial charge in [-0.05, 0) is 37.0 Å². The lowest BCUT2D eigenvalue weighted by Crippen LogP contribution is -2.39. The number of methoxy groups -OCH3 is 1. The SMILES string of the molecule is COc1ccc(CC2(C(=O)O)CCOCC2)cc1. The minimum absolute atomic E-state index is 0.530. The highest BCUT2D eigenvalue weighted by Crippen LogP contribution is 2.35. The van der Waals surface area contributed by atoms with Crippen molar-refractivity contribution < 1.29 is 19.4 Å². The van der Waals surface area contributed by atoms with E-state index in [1.807, 2.05) is 24.3 Å². The molecule has 0 amide bonds. The van der Waals surface area contributed by atoms with Gasteiger partial charge in [-0.1, -0.05) is 12.1 Å². The number of hydrogen-bond donors (Lipinski definition) is 1. The van der Waals surface area contributed by atoms with Gasteiger partial charge in [0.05, 0.1) is 12.5 Å². The second kappa shape index (κ2) is 5.40. The molecule has 0 saturated carbocycles. The van der Waals surface area contributed by atoms with Crippen LogP contribution in [-0.2, 0) is 16.0 Å². The van der Waals surface area contributed by atoms with E-state index in [-0.39, 0.29) is 0 Å². The third kappa shape index (κ3) is 2.64. The summed E-state index contributed by atoms with van der Waals surface area (Å²) in [5.41, 5.74) is 0.354. The van der Waals surface area contributed by atoms with Crippen LogP contribution in [0.15, 0.2) is 24.3 Å². The molecule has 0 spiro atoms. The predicted octanol–water partition coefficient (Wildman–Crippen LogP) is 2.12. The van der Waals surface area contributed by atoms with Gasteiger partial charge in [-0.3, -0.25) is 4.79 Å². The second-order valence-corrected chi connectivity index (χ2v) is 4.72. The highest BCUT2D eigenvalue weighted by atomic mass is 16.5. The number of aliphatic carboxylic acids is 1. The number of ether oxygens (including phenoxy) is 2. The van der Waals surface area contributed by atoms with Gasteiger partial charge < -0.3 is 14.6 Å². The molecule has 0 aromatic heterocycles. The van der Waals surface area contributed by atoms with Gasteiger partial charge in [-0.2, -0.15) is 0 Å². The van der Waals surface area contributed by atoms with Crippen molar-refractivity contribution >= 4 is 5.97 Å². The quantitative estimate of drug-likeness (QED) is 0.889. The highest BCUT2D eigenvalue weighted by Gasteiger charge is 2.40. The van der Waals surface area contributed by atoms with Crippen LogP contribution in [0.1, 0.15) is 18.4 Å². The summed E-state index contributed by atoms with van der Waals surface area (Å²) in [6.07, 6.45) is 1.71. The lowest BCUT2D eigenvalue weighted by molar-refractivity contribution is -0.154. The molecule has 2 rings (SSSR count). The van der Waals surface area contributed by atoms with Crippen molar-refractivity contribution in [1.29, 1.82) is 0 Å². The molecule has 18 heavy (non-hydrogen) atoms. The van der Waals surface area contributed by atoms with E-state index in [0.29, 0.717) is 32.5 Å². The molecule has 0 radical (unpaired) electrons.